The number of hydrogen-bond donors (Lipinski definition) is 1. The zero-order valence-electron chi connectivity index (χ0n) is 11.1. The monoisotopic (exact) mass is 284 g/mol. The van der Waals surface area contributed by atoms with Gasteiger partial charge in [0.1, 0.15) is 5.82 Å². The number of imide groups is 1. The molecule has 21 heavy (non-hydrogen) atoms. The molecule has 2 aromatic rings. The van der Waals surface area contributed by atoms with E-state index in [1.807, 2.05) is 6.07 Å². The fraction of sp³-hybridized carbons (Fsp3) is 0.188. The number of nitrogens with zero attached hydrogens (tertiary/aromatic N) is 1. The summed E-state index contributed by atoms with van der Waals surface area (Å²) in [6.07, 6.45) is 3.51. The van der Waals surface area contributed by atoms with Crippen molar-refractivity contribution in [3.8, 4) is 0 Å². The van der Waals surface area contributed by atoms with Crippen LogP contribution in [0.2, 0.25) is 0 Å². The van der Waals surface area contributed by atoms with Gasteiger partial charge in [-0.25, -0.2) is 4.39 Å². The van der Waals surface area contributed by atoms with Crippen LogP contribution < -0.4 is 5.32 Å². The van der Waals surface area contributed by atoms with E-state index in [4.69, 9.17) is 0 Å². The van der Waals surface area contributed by atoms with Crippen LogP contribution in [0.25, 0.3) is 0 Å². The number of benzene rings is 1. The number of nitrogens with one attached hydrogen (secondary N) is 1. The van der Waals surface area contributed by atoms with Gasteiger partial charge >= 0.3 is 0 Å². The van der Waals surface area contributed by atoms with Crippen molar-refractivity contribution in [1.29, 1.82) is 0 Å². The average Bonchev–Trinajstić information content (AvgIpc) is 2.49. The van der Waals surface area contributed by atoms with Crippen molar-refractivity contribution in [3.63, 3.8) is 0 Å². The van der Waals surface area contributed by atoms with E-state index in [9.17, 15) is 14.0 Å². The Labute approximate surface area is 121 Å². The van der Waals surface area contributed by atoms with E-state index in [1.54, 1.807) is 30.6 Å². The quantitative estimate of drug-likeness (QED) is 0.859. The normalized spacial score (nSPS) is 22.0. The van der Waals surface area contributed by atoms with E-state index in [0.717, 1.165) is 5.56 Å². The molecular weight excluding hydrogens is 271 g/mol. The first-order chi connectivity index (χ1) is 10.1. The Morgan fingerprint density at radius 2 is 1.86 bits per heavy atom. The Balaban J connectivity index is 2.03. The highest BCUT2D eigenvalue weighted by Crippen LogP contribution is 2.38. The number of aromatic nitrogens is 1. The van der Waals surface area contributed by atoms with Crippen LogP contribution in [-0.2, 0) is 9.59 Å². The first kappa shape index (κ1) is 13.4. The number of carbonyl (C=O) groups excluding carboxylic acids is 2. The lowest BCUT2D eigenvalue weighted by atomic mass is 9.77. The minimum atomic E-state index is -0.521. The van der Waals surface area contributed by atoms with Crippen molar-refractivity contribution in [2.24, 2.45) is 0 Å². The molecule has 2 atom stereocenters. The van der Waals surface area contributed by atoms with Crippen molar-refractivity contribution in [1.82, 2.24) is 10.3 Å². The predicted molar refractivity (Wildman–Crippen MR) is 73.9 cm³/mol. The number of rotatable bonds is 2. The Morgan fingerprint density at radius 1 is 1.10 bits per heavy atom. The summed E-state index contributed by atoms with van der Waals surface area (Å²) >= 11 is 0. The summed E-state index contributed by atoms with van der Waals surface area (Å²) in [6.45, 7) is 0. The standard InChI is InChI=1S/C16H13FN2O2/c17-12-5-3-10(4-6-12)15-13(8-14(20)19-16(15)21)11-2-1-7-18-9-11/h1-7,9,13,15H,8H2,(H,19,20,21). The number of carbonyl (C=O) groups is 2. The van der Waals surface area contributed by atoms with Crippen molar-refractivity contribution < 1.29 is 14.0 Å². The highest BCUT2D eigenvalue weighted by Gasteiger charge is 2.37. The lowest BCUT2D eigenvalue weighted by molar-refractivity contribution is -0.135. The van der Waals surface area contributed by atoms with Crippen LogP contribution in [0.4, 0.5) is 4.39 Å². The van der Waals surface area contributed by atoms with Crippen LogP contribution in [0.1, 0.15) is 29.4 Å². The summed E-state index contributed by atoms with van der Waals surface area (Å²) in [5, 5.41) is 2.35. The van der Waals surface area contributed by atoms with E-state index in [1.165, 1.54) is 12.1 Å². The van der Waals surface area contributed by atoms with E-state index >= 15 is 0 Å². The van der Waals surface area contributed by atoms with Gasteiger partial charge in [-0.15, -0.1) is 0 Å². The molecule has 106 valence electrons. The Bertz CT molecular complexity index is 670. The second kappa shape index (κ2) is 5.44. The fourth-order valence-corrected chi connectivity index (χ4v) is 2.73. The summed E-state index contributed by atoms with van der Waals surface area (Å²) in [6, 6.07) is 9.42. The molecule has 1 aliphatic heterocycles. The topological polar surface area (TPSA) is 59.1 Å². The molecule has 1 aromatic heterocycles. The zero-order valence-corrected chi connectivity index (χ0v) is 11.1. The SMILES string of the molecule is O=C1CC(c2cccnc2)C(c2ccc(F)cc2)C(=O)N1. The van der Waals surface area contributed by atoms with Crippen LogP contribution in [0.3, 0.4) is 0 Å². The van der Waals surface area contributed by atoms with Gasteiger partial charge in [0, 0.05) is 24.7 Å². The Morgan fingerprint density at radius 3 is 2.52 bits per heavy atom. The van der Waals surface area contributed by atoms with Crippen LogP contribution in [0, 0.1) is 5.82 Å². The van der Waals surface area contributed by atoms with Gasteiger partial charge in [-0.05, 0) is 29.3 Å². The van der Waals surface area contributed by atoms with Gasteiger partial charge in [0.2, 0.25) is 11.8 Å². The molecule has 1 fully saturated rings. The maximum atomic E-state index is 13.1. The molecule has 1 saturated heterocycles. The van der Waals surface area contributed by atoms with E-state index in [2.05, 4.69) is 10.3 Å². The average molecular weight is 284 g/mol. The number of pyridine rings is 1. The molecule has 1 N–H and O–H groups in total. The molecule has 3 rings (SSSR count). The van der Waals surface area contributed by atoms with E-state index in [0.29, 0.717) is 5.56 Å². The third kappa shape index (κ3) is 2.67. The minimum absolute atomic E-state index is 0.208. The van der Waals surface area contributed by atoms with Gasteiger partial charge in [0.25, 0.3) is 0 Å². The molecule has 5 heteroatoms. The highest BCUT2D eigenvalue weighted by atomic mass is 19.1. The Hall–Kier alpha value is -2.56. The number of amides is 2. The zero-order chi connectivity index (χ0) is 14.8. The lowest BCUT2D eigenvalue weighted by Gasteiger charge is -2.30. The second-order valence-electron chi connectivity index (χ2n) is 5.04. The third-order valence-electron chi connectivity index (χ3n) is 3.69. The maximum absolute atomic E-state index is 13.1. The molecule has 0 radical (unpaired) electrons. The van der Waals surface area contributed by atoms with Gasteiger partial charge in [0.15, 0.2) is 0 Å². The first-order valence-corrected chi connectivity index (χ1v) is 6.64. The van der Waals surface area contributed by atoms with Crippen LogP contribution >= 0.6 is 0 Å². The van der Waals surface area contributed by atoms with E-state index in [-0.39, 0.29) is 30.0 Å². The fourth-order valence-electron chi connectivity index (χ4n) is 2.73. The molecule has 0 saturated carbocycles. The smallest absolute Gasteiger partial charge is 0.234 e. The maximum Gasteiger partial charge on any atom is 0.234 e. The van der Waals surface area contributed by atoms with Gasteiger partial charge in [-0.3, -0.25) is 19.9 Å². The minimum Gasteiger partial charge on any atom is -0.296 e. The molecule has 1 aliphatic rings. The number of piperidine rings is 1. The first-order valence-electron chi connectivity index (χ1n) is 6.64. The van der Waals surface area contributed by atoms with Gasteiger partial charge in [0.05, 0.1) is 5.92 Å². The van der Waals surface area contributed by atoms with Crippen LogP contribution in [-0.4, -0.2) is 16.8 Å². The summed E-state index contributed by atoms with van der Waals surface area (Å²) in [7, 11) is 0. The number of halogens is 1. The third-order valence-corrected chi connectivity index (χ3v) is 3.69. The van der Waals surface area contributed by atoms with E-state index < -0.39 is 5.92 Å². The van der Waals surface area contributed by atoms with Gasteiger partial charge in [-0.2, -0.15) is 0 Å². The molecule has 1 aromatic carbocycles. The van der Waals surface area contributed by atoms with Crippen molar-refractivity contribution in [2.45, 2.75) is 18.3 Å². The largest absolute Gasteiger partial charge is 0.296 e. The molecule has 2 unspecified atom stereocenters. The second-order valence-corrected chi connectivity index (χ2v) is 5.04. The molecule has 2 heterocycles. The van der Waals surface area contributed by atoms with Crippen molar-refractivity contribution in [2.75, 3.05) is 0 Å². The molecule has 4 nitrogen and oxygen atoms in total. The Kier molecular flexibility index (Phi) is 3.48. The highest BCUT2D eigenvalue weighted by molar-refractivity contribution is 6.02. The molecule has 0 spiro atoms. The molecule has 2 amide bonds. The lowest BCUT2D eigenvalue weighted by Crippen LogP contribution is -2.43. The van der Waals surface area contributed by atoms with Crippen LogP contribution in [0.15, 0.2) is 48.8 Å². The summed E-state index contributed by atoms with van der Waals surface area (Å²) in [5.74, 6) is -1.82. The van der Waals surface area contributed by atoms with Crippen LogP contribution in [0.5, 0.6) is 0 Å². The molecular formula is C16H13FN2O2. The predicted octanol–water partition coefficient (Wildman–Crippen LogP) is 2.13. The van der Waals surface area contributed by atoms with Crippen molar-refractivity contribution in [3.05, 3.63) is 65.7 Å². The summed E-state index contributed by atoms with van der Waals surface area (Å²) in [5.41, 5.74) is 1.52. The molecule has 0 bridgehead atoms. The summed E-state index contributed by atoms with van der Waals surface area (Å²) in [4.78, 5) is 28.0. The summed E-state index contributed by atoms with van der Waals surface area (Å²) < 4.78 is 13.1. The van der Waals surface area contributed by atoms with Crippen molar-refractivity contribution >= 4 is 11.8 Å². The molecule has 0 aliphatic carbocycles. The van der Waals surface area contributed by atoms with Gasteiger partial charge in [-0.1, -0.05) is 18.2 Å². The number of hydrogen-bond acceptors (Lipinski definition) is 3. The van der Waals surface area contributed by atoms with Gasteiger partial charge < -0.3 is 0 Å².